The van der Waals surface area contributed by atoms with Crippen LogP contribution in [-0.2, 0) is 14.8 Å². The summed E-state index contributed by atoms with van der Waals surface area (Å²) in [5.41, 5.74) is 0.382. The zero-order valence-electron chi connectivity index (χ0n) is 14.2. The van der Waals surface area contributed by atoms with Crippen molar-refractivity contribution >= 4 is 44.8 Å². The number of carbonyl (C=O) groups excluding carboxylic acids is 1. The summed E-state index contributed by atoms with van der Waals surface area (Å²) in [6.45, 7) is 0.352. The topological polar surface area (TPSA) is 66.5 Å². The minimum absolute atomic E-state index is 0.00263. The normalized spacial score (nSPS) is 18.3. The van der Waals surface area contributed by atoms with Crippen molar-refractivity contribution in [3.8, 4) is 0 Å². The van der Waals surface area contributed by atoms with Crippen molar-refractivity contribution in [2.45, 2.75) is 17.7 Å². The fourth-order valence-corrected chi connectivity index (χ4v) is 4.84. The lowest BCUT2D eigenvalue weighted by molar-refractivity contribution is -0.120. The molecule has 5 nitrogen and oxygen atoms in total. The Bertz CT molecular complexity index is 952. The monoisotopic (exact) mass is 430 g/mol. The number of nitrogens with one attached hydrogen (secondary N) is 1. The molecular weight excluding hydrogens is 414 g/mol. The SMILES string of the molecule is O=C(Nc1cccc(Cl)c1Cl)[C@@H]1CCCN(S(=O)(=O)c2ccc(F)cc2)C1. The van der Waals surface area contributed by atoms with E-state index in [1.807, 2.05) is 0 Å². The van der Waals surface area contributed by atoms with Crippen LogP contribution in [0.2, 0.25) is 10.0 Å². The quantitative estimate of drug-likeness (QED) is 0.790. The summed E-state index contributed by atoms with van der Waals surface area (Å²) in [5, 5.41) is 3.27. The molecule has 1 amide bonds. The van der Waals surface area contributed by atoms with E-state index in [0.29, 0.717) is 30.1 Å². The molecule has 0 bridgehead atoms. The summed E-state index contributed by atoms with van der Waals surface area (Å²) in [6.07, 6.45) is 1.10. The molecule has 2 aromatic rings. The number of hydrogen-bond acceptors (Lipinski definition) is 3. The Hall–Kier alpha value is -1.67. The molecule has 0 aliphatic carbocycles. The van der Waals surface area contributed by atoms with Gasteiger partial charge in [0, 0.05) is 13.1 Å². The van der Waals surface area contributed by atoms with Crippen molar-refractivity contribution in [3.05, 3.63) is 58.3 Å². The number of sulfonamides is 1. The van der Waals surface area contributed by atoms with Crippen LogP contribution in [0.15, 0.2) is 47.4 Å². The lowest BCUT2D eigenvalue weighted by atomic mass is 9.99. The number of rotatable bonds is 4. The summed E-state index contributed by atoms with van der Waals surface area (Å²) < 4.78 is 39.8. The first kappa shape index (κ1) is 20.1. The Morgan fingerprint density at radius 3 is 2.56 bits per heavy atom. The summed E-state index contributed by atoms with van der Waals surface area (Å²) in [7, 11) is -3.79. The zero-order chi connectivity index (χ0) is 19.6. The van der Waals surface area contributed by atoms with Crippen molar-refractivity contribution in [2.75, 3.05) is 18.4 Å². The summed E-state index contributed by atoms with van der Waals surface area (Å²) in [5.74, 6) is -1.36. The molecule has 0 spiro atoms. The van der Waals surface area contributed by atoms with E-state index in [4.69, 9.17) is 23.2 Å². The van der Waals surface area contributed by atoms with Gasteiger partial charge in [-0.25, -0.2) is 12.8 Å². The largest absolute Gasteiger partial charge is 0.324 e. The van der Waals surface area contributed by atoms with Crippen LogP contribution >= 0.6 is 23.2 Å². The second kappa shape index (κ2) is 8.14. The van der Waals surface area contributed by atoms with Crippen LogP contribution in [0.1, 0.15) is 12.8 Å². The molecule has 3 rings (SSSR count). The van der Waals surface area contributed by atoms with Crippen LogP contribution in [-0.4, -0.2) is 31.7 Å². The van der Waals surface area contributed by atoms with Crippen molar-refractivity contribution in [1.82, 2.24) is 4.31 Å². The molecule has 9 heteroatoms. The molecule has 2 aromatic carbocycles. The van der Waals surface area contributed by atoms with E-state index in [9.17, 15) is 17.6 Å². The van der Waals surface area contributed by atoms with Crippen LogP contribution in [0.5, 0.6) is 0 Å². The second-order valence-electron chi connectivity index (χ2n) is 6.25. The smallest absolute Gasteiger partial charge is 0.243 e. The maximum Gasteiger partial charge on any atom is 0.243 e. The zero-order valence-corrected chi connectivity index (χ0v) is 16.5. The predicted octanol–water partition coefficient (Wildman–Crippen LogP) is 4.17. The van der Waals surface area contributed by atoms with E-state index in [0.717, 1.165) is 12.1 Å². The van der Waals surface area contributed by atoms with Crippen molar-refractivity contribution in [2.24, 2.45) is 5.92 Å². The van der Waals surface area contributed by atoms with E-state index < -0.39 is 21.8 Å². The Morgan fingerprint density at radius 2 is 1.85 bits per heavy atom. The minimum Gasteiger partial charge on any atom is -0.324 e. The highest BCUT2D eigenvalue weighted by molar-refractivity contribution is 7.89. The lowest BCUT2D eigenvalue weighted by Gasteiger charge is -2.31. The van der Waals surface area contributed by atoms with Crippen LogP contribution < -0.4 is 5.32 Å². The van der Waals surface area contributed by atoms with Crippen molar-refractivity contribution in [3.63, 3.8) is 0 Å². The van der Waals surface area contributed by atoms with Gasteiger partial charge in [-0.05, 0) is 49.2 Å². The number of benzene rings is 2. The predicted molar refractivity (Wildman–Crippen MR) is 103 cm³/mol. The van der Waals surface area contributed by atoms with Crippen LogP contribution in [0.25, 0.3) is 0 Å². The number of amides is 1. The highest BCUT2D eigenvalue weighted by Crippen LogP contribution is 2.31. The van der Waals surface area contributed by atoms with Gasteiger partial charge in [-0.1, -0.05) is 29.3 Å². The second-order valence-corrected chi connectivity index (χ2v) is 8.97. The van der Waals surface area contributed by atoms with Gasteiger partial charge >= 0.3 is 0 Å². The van der Waals surface area contributed by atoms with E-state index in [2.05, 4.69) is 5.32 Å². The number of carbonyl (C=O) groups is 1. The maximum atomic E-state index is 13.1. The third kappa shape index (κ3) is 4.43. The van der Waals surface area contributed by atoms with E-state index in [1.54, 1.807) is 18.2 Å². The molecule has 0 unspecified atom stereocenters. The van der Waals surface area contributed by atoms with Gasteiger partial charge in [-0.2, -0.15) is 4.31 Å². The fraction of sp³-hybridized carbons (Fsp3) is 0.278. The van der Waals surface area contributed by atoms with Crippen molar-refractivity contribution < 1.29 is 17.6 Å². The summed E-state index contributed by atoms with van der Waals surface area (Å²) in [4.78, 5) is 12.6. The van der Waals surface area contributed by atoms with Crippen LogP contribution in [0, 0.1) is 11.7 Å². The molecule has 27 heavy (non-hydrogen) atoms. The molecule has 0 radical (unpaired) electrons. The Balaban J connectivity index is 1.74. The number of nitrogens with zero attached hydrogens (tertiary/aromatic N) is 1. The number of hydrogen-bond donors (Lipinski definition) is 1. The fourth-order valence-electron chi connectivity index (χ4n) is 2.97. The average Bonchev–Trinajstić information content (AvgIpc) is 2.66. The van der Waals surface area contributed by atoms with E-state index in [-0.39, 0.29) is 22.4 Å². The van der Waals surface area contributed by atoms with E-state index in [1.165, 1.54) is 16.4 Å². The number of halogens is 3. The third-order valence-electron chi connectivity index (χ3n) is 4.42. The Morgan fingerprint density at radius 1 is 1.15 bits per heavy atom. The molecule has 1 fully saturated rings. The highest BCUT2D eigenvalue weighted by atomic mass is 35.5. The standard InChI is InChI=1S/C18H17Cl2FN2O3S/c19-15-4-1-5-16(17(15)20)22-18(24)12-3-2-10-23(11-12)27(25,26)14-8-6-13(21)7-9-14/h1,4-9,12H,2-3,10-11H2,(H,22,24)/t12-/m1/s1. The number of anilines is 1. The lowest BCUT2D eigenvalue weighted by Crippen LogP contribution is -2.43. The van der Waals surface area contributed by atoms with Crippen LogP contribution in [0.3, 0.4) is 0 Å². The summed E-state index contributed by atoms with van der Waals surface area (Å²) >= 11 is 12.0. The van der Waals surface area contributed by atoms with Gasteiger partial charge in [0.25, 0.3) is 0 Å². The molecule has 1 saturated heterocycles. The van der Waals surface area contributed by atoms with Gasteiger partial charge in [0.15, 0.2) is 0 Å². The first-order valence-corrected chi connectivity index (χ1v) is 10.5. The Kier molecular flexibility index (Phi) is 6.05. The van der Waals surface area contributed by atoms with Gasteiger partial charge in [0.1, 0.15) is 5.82 Å². The molecule has 0 saturated carbocycles. The number of piperidine rings is 1. The van der Waals surface area contributed by atoms with Gasteiger partial charge in [0.05, 0.1) is 26.5 Å². The molecule has 1 aliphatic heterocycles. The van der Waals surface area contributed by atoms with Gasteiger partial charge in [0.2, 0.25) is 15.9 Å². The minimum atomic E-state index is -3.79. The molecule has 1 heterocycles. The average molecular weight is 431 g/mol. The van der Waals surface area contributed by atoms with Crippen LogP contribution in [0.4, 0.5) is 10.1 Å². The summed E-state index contributed by atoms with van der Waals surface area (Å²) in [6, 6.07) is 9.54. The molecule has 144 valence electrons. The third-order valence-corrected chi connectivity index (χ3v) is 7.11. The van der Waals surface area contributed by atoms with Gasteiger partial charge in [-0.15, -0.1) is 0 Å². The van der Waals surface area contributed by atoms with E-state index >= 15 is 0 Å². The molecular formula is C18H17Cl2FN2O3S. The van der Waals surface area contributed by atoms with Crippen molar-refractivity contribution in [1.29, 1.82) is 0 Å². The first-order chi connectivity index (χ1) is 12.8. The van der Waals surface area contributed by atoms with Gasteiger partial charge in [-0.3, -0.25) is 4.79 Å². The Labute approximate surface area is 167 Å². The first-order valence-electron chi connectivity index (χ1n) is 8.29. The molecule has 1 atom stereocenters. The molecule has 1 N–H and O–H groups in total. The molecule has 1 aliphatic rings. The highest BCUT2D eigenvalue weighted by Gasteiger charge is 2.33. The maximum absolute atomic E-state index is 13.1. The van der Waals surface area contributed by atoms with Gasteiger partial charge < -0.3 is 5.32 Å². The molecule has 0 aromatic heterocycles.